The summed E-state index contributed by atoms with van der Waals surface area (Å²) in [7, 11) is 0. The van der Waals surface area contributed by atoms with E-state index in [4.69, 9.17) is 4.98 Å². The zero-order valence-electron chi connectivity index (χ0n) is 18.5. The lowest BCUT2D eigenvalue weighted by Crippen LogP contribution is -2.31. The molecule has 1 heterocycles. The molecule has 34 heavy (non-hydrogen) atoms. The van der Waals surface area contributed by atoms with Crippen molar-refractivity contribution in [2.75, 3.05) is 5.32 Å². The van der Waals surface area contributed by atoms with E-state index in [1.165, 1.54) is 5.56 Å². The Hall–Kier alpha value is -4.38. The summed E-state index contributed by atoms with van der Waals surface area (Å²) in [6.45, 7) is 0. The van der Waals surface area contributed by atoms with Crippen LogP contribution in [0.15, 0.2) is 103 Å². The number of amides is 2. The summed E-state index contributed by atoms with van der Waals surface area (Å²) in [5.74, 6) is 1.26. The van der Waals surface area contributed by atoms with Gasteiger partial charge in [-0.05, 0) is 53.4 Å². The van der Waals surface area contributed by atoms with Crippen molar-refractivity contribution in [2.45, 2.75) is 18.4 Å². The maximum Gasteiger partial charge on any atom is 0.319 e. The molecule has 0 unspecified atom stereocenters. The van der Waals surface area contributed by atoms with Crippen molar-refractivity contribution in [3.05, 3.63) is 109 Å². The number of carbonyl (C=O) groups excluding carboxylic acids is 1. The van der Waals surface area contributed by atoms with Crippen LogP contribution in [0.1, 0.15) is 17.9 Å². The van der Waals surface area contributed by atoms with Gasteiger partial charge in [0.15, 0.2) is 0 Å². The molecular formula is C29H24N4O. The van der Waals surface area contributed by atoms with Crippen LogP contribution in [0.4, 0.5) is 10.5 Å². The van der Waals surface area contributed by atoms with Gasteiger partial charge in [-0.15, -0.1) is 0 Å². The van der Waals surface area contributed by atoms with Gasteiger partial charge in [-0.25, -0.2) is 9.78 Å². The molecule has 4 aromatic carbocycles. The van der Waals surface area contributed by atoms with Crippen molar-refractivity contribution in [1.29, 1.82) is 0 Å². The number of imidazole rings is 1. The van der Waals surface area contributed by atoms with E-state index < -0.39 is 0 Å². The van der Waals surface area contributed by atoms with Crippen LogP contribution in [-0.2, 0) is 0 Å². The molecule has 1 aromatic heterocycles. The number of hydrogen-bond donors (Lipinski definition) is 3. The highest BCUT2D eigenvalue weighted by atomic mass is 16.2. The van der Waals surface area contributed by atoms with E-state index in [9.17, 15) is 4.79 Å². The second kappa shape index (κ2) is 8.52. The maximum absolute atomic E-state index is 12.4. The van der Waals surface area contributed by atoms with E-state index in [0.717, 1.165) is 45.7 Å². The molecular weight excluding hydrogens is 420 g/mol. The zero-order valence-corrected chi connectivity index (χ0v) is 18.5. The number of urea groups is 1. The number of nitrogens with zero attached hydrogens (tertiary/aromatic N) is 1. The van der Waals surface area contributed by atoms with E-state index in [2.05, 4.69) is 45.9 Å². The number of H-pyrrole nitrogens is 1. The molecule has 0 saturated heterocycles. The van der Waals surface area contributed by atoms with Gasteiger partial charge in [0.25, 0.3) is 0 Å². The number of rotatable bonds is 5. The van der Waals surface area contributed by atoms with Crippen LogP contribution in [0.25, 0.3) is 33.5 Å². The van der Waals surface area contributed by atoms with Crippen molar-refractivity contribution in [3.8, 4) is 22.5 Å². The minimum absolute atomic E-state index is 0.164. The van der Waals surface area contributed by atoms with Crippen LogP contribution < -0.4 is 10.6 Å². The highest BCUT2D eigenvalue weighted by Gasteiger charge is 2.39. The molecule has 5 aromatic rings. The molecule has 3 N–H and O–H groups in total. The molecule has 0 bridgehead atoms. The number of fused-ring (bicyclic) bond motifs is 1. The first-order valence-electron chi connectivity index (χ1n) is 11.5. The Bertz CT molecular complexity index is 1420. The number of aromatic nitrogens is 2. The predicted molar refractivity (Wildman–Crippen MR) is 137 cm³/mol. The summed E-state index contributed by atoms with van der Waals surface area (Å²) in [5.41, 5.74) is 7.24. The third kappa shape index (κ3) is 4.16. The third-order valence-electron chi connectivity index (χ3n) is 6.34. The molecule has 5 heteroatoms. The Labute approximate surface area is 197 Å². The highest BCUT2D eigenvalue weighted by molar-refractivity contribution is 5.90. The smallest absolute Gasteiger partial charge is 0.319 e. The SMILES string of the molecule is O=C(Nc1ccc(-c2cccc(-c3nc4ccccc4[nH]3)c2)cc1)N[C@@H]1C[C@H]1c1ccccc1. The molecule has 166 valence electrons. The normalized spacial score (nSPS) is 16.8. The van der Waals surface area contributed by atoms with Crippen molar-refractivity contribution >= 4 is 22.8 Å². The van der Waals surface area contributed by atoms with Crippen LogP contribution in [0, 0.1) is 0 Å². The largest absolute Gasteiger partial charge is 0.338 e. The Morgan fingerprint density at radius 2 is 1.56 bits per heavy atom. The van der Waals surface area contributed by atoms with Gasteiger partial charge in [0.05, 0.1) is 11.0 Å². The summed E-state index contributed by atoms with van der Waals surface area (Å²) >= 11 is 0. The van der Waals surface area contributed by atoms with Crippen LogP contribution >= 0.6 is 0 Å². The monoisotopic (exact) mass is 444 g/mol. The van der Waals surface area contributed by atoms with E-state index >= 15 is 0 Å². The molecule has 0 radical (unpaired) electrons. The van der Waals surface area contributed by atoms with Crippen LogP contribution in [0.3, 0.4) is 0 Å². The Balaban J connectivity index is 1.12. The van der Waals surface area contributed by atoms with Gasteiger partial charge in [0.2, 0.25) is 0 Å². The lowest BCUT2D eigenvalue weighted by atomic mass is 10.0. The van der Waals surface area contributed by atoms with Gasteiger partial charge in [0, 0.05) is 23.2 Å². The number of carbonyl (C=O) groups is 1. The summed E-state index contributed by atoms with van der Waals surface area (Å²) in [6, 6.07) is 34.6. The molecule has 1 aliphatic rings. The minimum Gasteiger partial charge on any atom is -0.338 e. The van der Waals surface area contributed by atoms with Crippen molar-refractivity contribution < 1.29 is 4.79 Å². The fraction of sp³-hybridized carbons (Fsp3) is 0.103. The van der Waals surface area contributed by atoms with Crippen molar-refractivity contribution in [2.24, 2.45) is 0 Å². The summed E-state index contributed by atoms with van der Waals surface area (Å²) < 4.78 is 0. The lowest BCUT2D eigenvalue weighted by molar-refractivity contribution is 0.251. The summed E-state index contributed by atoms with van der Waals surface area (Å²) in [5, 5.41) is 6.02. The van der Waals surface area contributed by atoms with E-state index in [-0.39, 0.29) is 12.1 Å². The van der Waals surface area contributed by atoms with E-state index in [1.54, 1.807) is 0 Å². The summed E-state index contributed by atoms with van der Waals surface area (Å²) in [4.78, 5) is 20.5. The van der Waals surface area contributed by atoms with Crippen molar-refractivity contribution in [1.82, 2.24) is 15.3 Å². The zero-order chi connectivity index (χ0) is 22.9. The van der Waals surface area contributed by atoms with Gasteiger partial charge in [-0.2, -0.15) is 0 Å². The quantitative estimate of drug-likeness (QED) is 0.287. The first kappa shape index (κ1) is 20.2. The van der Waals surface area contributed by atoms with Crippen LogP contribution in [0.2, 0.25) is 0 Å². The Morgan fingerprint density at radius 1 is 0.794 bits per heavy atom. The molecule has 1 fully saturated rings. The number of hydrogen-bond acceptors (Lipinski definition) is 2. The second-order valence-electron chi connectivity index (χ2n) is 8.72. The molecule has 0 spiro atoms. The number of anilines is 1. The fourth-order valence-electron chi connectivity index (χ4n) is 4.44. The molecule has 6 rings (SSSR count). The molecule has 0 aliphatic heterocycles. The fourth-order valence-corrected chi connectivity index (χ4v) is 4.44. The molecule has 1 aliphatic carbocycles. The minimum atomic E-state index is -0.164. The Morgan fingerprint density at radius 3 is 2.38 bits per heavy atom. The average Bonchev–Trinajstić information content (AvgIpc) is 3.50. The van der Waals surface area contributed by atoms with Crippen LogP contribution in [-0.4, -0.2) is 22.0 Å². The topological polar surface area (TPSA) is 69.8 Å². The van der Waals surface area contributed by atoms with Gasteiger partial charge < -0.3 is 15.6 Å². The standard InChI is InChI=1S/C29H24N4O/c34-29(33-27-18-24(27)20-7-2-1-3-8-20)30-23-15-13-19(14-16-23)21-9-6-10-22(17-21)28-31-25-11-4-5-12-26(25)32-28/h1-17,24,27H,18H2,(H,31,32)(H2,30,33,34)/t24-,27+/m0/s1. The first-order valence-corrected chi connectivity index (χ1v) is 11.5. The van der Waals surface area contributed by atoms with Gasteiger partial charge in [-0.3, -0.25) is 0 Å². The second-order valence-corrected chi connectivity index (χ2v) is 8.72. The molecule has 2 amide bonds. The number of nitrogens with one attached hydrogen (secondary N) is 3. The lowest BCUT2D eigenvalue weighted by Gasteiger charge is -2.09. The Kier molecular flexibility index (Phi) is 5.07. The number of benzene rings is 4. The van der Waals surface area contributed by atoms with Gasteiger partial charge >= 0.3 is 6.03 Å². The number of aromatic amines is 1. The molecule has 5 nitrogen and oxygen atoms in total. The highest BCUT2D eigenvalue weighted by Crippen LogP contribution is 2.40. The maximum atomic E-state index is 12.4. The summed E-state index contributed by atoms with van der Waals surface area (Å²) in [6.07, 6.45) is 0.984. The first-order chi connectivity index (χ1) is 16.7. The molecule has 2 atom stereocenters. The average molecular weight is 445 g/mol. The number of para-hydroxylation sites is 2. The third-order valence-corrected chi connectivity index (χ3v) is 6.34. The molecule has 1 saturated carbocycles. The van der Waals surface area contributed by atoms with Crippen LogP contribution in [0.5, 0.6) is 0 Å². The van der Waals surface area contributed by atoms with E-state index in [0.29, 0.717) is 5.92 Å². The predicted octanol–water partition coefficient (Wildman–Crippen LogP) is 6.57. The van der Waals surface area contributed by atoms with Gasteiger partial charge in [0.1, 0.15) is 5.82 Å². The van der Waals surface area contributed by atoms with Crippen molar-refractivity contribution in [3.63, 3.8) is 0 Å². The van der Waals surface area contributed by atoms with E-state index in [1.807, 2.05) is 72.8 Å². The van der Waals surface area contributed by atoms with Gasteiger partial charge in [-0.1, -0.05) is 72.8 Å².